The van der Waals surface area contributed by atoms with Crippen LogP contribution in [0.5, 0.6) is 5.75 Å². The monoisotopic (exact) mass is 311 g/mol. The van der Waals surface area contributed by atoms with E-state index < -0.39 is 8.56 Å². The van der Waals surface area contributed by atoms with Gasteiger partial charge in [-0.3, -0.25) is 4.99 Å². The van der Waals surface area contributed by atoms with E-state index in [-0.39, 0.29) is 0 Å². The molecule has 0 bridgehead atoms. The Morgan fingerprint density at radius 2 is 1.86 bits per heavy atom. The third-order valence-corrected chi connectivity index (χ3v) is 6.63. The van der Waals surface area contributed by atoms with E-state index in [1.165, 1.54) is 0 Å². The van der Waals surface area contributed by atoms with Gasteiger partial charge in [0.25, 0.3) is 0 Å². The molecule has 0 saturated carbocycles. The summed E-state index contributed by atoms with van der Waals surface area (Å²) in [6.07, 6.45) is 2.95. The fourth-order valence-corrected chi connectivity index (χ4v) is 4.97. The highest BCUT2D eigenvalue weighted by molar-refractivity contribution is 6.66. The predicted molar refractivity (Wildman–Crippen MR) is 92.3 cm³/mol. The second-order valence-corrected chi connectivity index (χ2v) is 8.96. The molecule has 1 aliphatic rings. The Balaban J connectivity index is 2.07. The molecule has 1 unspecified atom stereocenters. The van der Waals surface area contributed by atoms with Gasteiger partial charge in [-0.25, -0.2) is 0 Å². The minimum Gasteiger partial charge on any atom is -0.520 e. The van der Waals surface area contributed by atoms with E-state index >= 15 is 0 Å². The Morgan fingerprint density at radius 3 is 2.73 bits per heavy atom. The van der Waals surface area contributed by atoms with Gasteiger partial charge in [-0.1, -0.05) is 43.7 Å². The average molecular weight is 311 g/mol. The van der Waals surface area contributed by atoms with Crippen LogP contribution in [0.25, 0.3) is 0 Å². The molecule has 0 aliphatic carbocycles. The summed E-state index contributed by atoms with van der Waals surface area (Å²) in [7, 11) is -2.26. The van der Waals surface area contributed by atoms with Crippen LogP contribution in [0.2, 0.25) is 12.6 Å². The van der Waals surface area contributed by atoms with Crippen LogP contribution >= 0.6 is 0 Å². The summed E-state index contributed by atoms with van der Waals surface area (Å²) in [5, 5.41) is 0. The highest BCUT2D eigenvalue weighted by atomic mass is 28.4. The summed E-state index contributed by atoms with van der Waals surface area (Å²) in [4.78, 5) is 4.61. The van der Waals surface area contributed by atoms with Crippen LogP contribution in [0.1, 0.15) is 24.5 Å². The molecule has 0 amide bonds. The van der Waals surface area contributed by atoms with Gasteiger partial charge in [-0.2, -0.15) is 0 Å². The van der Waals surface area contributed by atoms with E-state index in [2.05, 4.69) is 24.5 Å². The maximum absolute atomic E-state index is 6.34. The molecule has 1 aliphatic heterocycles. The smallest absolute Gasteiger partial charge is 0.395 e. The predicted octanol–water partition coefficient (Wildman–Crippen LogP) is 4.83. The van der Waals surface area contributed by atoms with Crippen molar-refractivity contribution in [1.82, 2.24) is 0 Å². The number of rotatable bonds is 2. The third-order valence-electron chi connectivity index (χ3n) is 3.82. The number of benzene rings is 2. The third kappa shape index (κ3) is 3.29. The van der Waals surface area contributed by atoms with Crippen molar-refractivity contribution in [1.29, 1.82) is 0 Å². The largest absolute Gasteiger partial charge is 0.520 e. The van der Waals surface area contributed by atoms with E-state index in [1.807, 2.05) is 48.7 Å². The maximum Gasteiger partial charge on any atom is 0.395 e. The number of aliphatic imine (C=N–C) groups is 1. The van der Waals surface area contributed by atoms with E-state index in [4.69, 9.17) is 8.85 Å². The van der Waals surface area contributed by atoms with Crippen LogP contribution < -0.4 is 4.43 Å². The van der Waals surface area contributed by atoms with Crippen molar-refractivity contribution < 1.29 is 8.85 Å². The zero-order valence-corrected chi connectivity index (χ0v) is 14.1. The molecule has 1 heterocycles. The second kappa shape index (κ2) is 6.46. The average Bonchev–Trinajstić information content (AvgIpc) is 2.53. The minimum absolute atomic E-state index is 0.554. The Labute approximate surface area is 132 Å². The molecule has 3 nitrogen and oxygen atoms in total. The molecule has 114 valence electrons. The van der Waals surface area contributed by atoms with Crippen molar-refractivity contribution in [3.63, 3.8) is 0 Å². The summed E-state index contributed by atoms with van der Waals surface area (Å²) >= 11 is 0. The summed E-state index contributed by atoms with van der Waals surface area (Å²) in [6.45, 7) is 4.87. The number of nitrogens with zero attached hydrogens (tertiary/aromatic N) is 1. The topological polar surface area (TPSA) is 30.8 Å². The fourth-order valence-electron chi connectivity index (χ4n) is 2.65. The van der Waals surface area contributed by atoms with Crippen LogP contribution in [0.4, 0.5) is 5.69 Å². The number of hydrogen-bond donors (Lipinski definition) is 0. The van der Waals surface area contributed by atoms with Crippen LogP contribution in [-0.2, 0) is 11.0 Å². The molecule has 4 heteroatoms. The van der Waals surface area contributed by atoms with Crippen molar-refractivity contribution >= 4 is 20.5 Å². The molecule has 0 spiro atoms. The van der Waals surface area contributed by atoms with Gasteiger partial charge in [0.1, 0.15) is 5.75 Å². The first-order valence-corrected chi connectivity index (χ1v) is 10.3. The van der Waals surface area contributed by atoms with E-state index in [1.54, 1.807) is 0 Å². The quantitative estimate of drug-likeness (QED) is 0.744. The molecule has 0 saturated heterocycles. The van der Waals surface area contributed by atoms with Crippen LogP contribution in [0, 0.1) is 0 Å². The molecule has 2 aromatic rings. The highest BCUT2D eigenvalue weighted by Gasteiger charge is 2.34. The standard InChI is InChI=1S/C18H21NO2Si/c1-3-12-22(2)20-14-16-9-4-6-10-17(16)19-13-15-8-5-7-11-18(15)21-22/h4-11,13H,3,12,14H2,1-2H3. The fraction of sp³-hybridized carbons (Fsp3) is 0.278. The summed E-state index contributed by atoms with van der Waals surface area (Å²) in [6, 6.07) is 17.1. The van der Waals surface area contributed by atoms with Crippen LogP contribution in [-0.4, -0.2) is 14.8 Å². The number of hydrogen-bond acceptors (Lipinski definition) is 3. The van der Waals surface area contributed by atoms with Gasteiger partial charge in [0.15, 0.2) is 0 Å². The molecule has 3 rings (SSSR count). The molecule has 0 aromatic heterocycles. The summed E-state index contributed by atoms with van der Waals surface area (Å²) < 4.78 is 12.6. The summed E-state index contributed by atoms with van der Waals surface area (Å²) in [5.41, 5.74) is 3.07. The van der Waals surface area contributed by atoms with Crippen molar-refractivity contribution in [3.8, 4) is 5.75 Å². The maximum atomic E-state index is 6.34. The Hall–Kier alpha value is -1.91. The van der Waals surface area contributed by atoms with Crippen molar-refractivity contribution in [2.75, 3.05) is 0 Å². The van der Waals surface area contributed by atoms with Gasteiger partial charge in [-0.15, -0.1) is 0 Å². The van der Waals surface area contributed by atoms with Crippen molar-refractivity contribution in [2.45, 2.75) is 32.5 Å². The second-order valence-electron chi connectivity index (χ2n) is 5.70. The van der Waals surface area contributed by atoms with Crippen LogP contribution in [0.3, 0.4) is 0 Å². The number of para-hydroxylation sites is 2. The van der Waals surface area contributed by atoms with Gasteiger partial charge < -0.3 is 8.85 Å². The van der Waals surface area contributed by atoms with Gasteiger partial charge in [-0.05, 0) is 24.7 Å². The lowest BCUT2D eigenvalue weighted by atomic mass is 10.2. The minimum atomic E-state index is -2.26. The first kappa shape index (κ1) is 15.0. The Kier molecular flexibility index (Phi) is 4.41. The van der Waals surface area contributed by atoms with Gasteiger partial charge >= 0.3 is 8.56 Å². The Morgan fingerprint density at radius 1 is 1.09 bits per heavy atom. The molecular weight excluding hydrogens is 290 g/mol. The van der Waals surface area contributed by atoms with Crippen molar-refractivity contribution in [3.05, 3.63) is 59.7 Å². The lowest BCUT2D eigenvalue weighted by Crippen LogP contribution is -2.42. The lowest BCUT2D eigenvalue weighted by Gasteiger charge is -2.29. The highest BCUT2D eigenvalue weighted by Crippen LogP contribution is 2.29. The molecule has 0 N–H and O–H groups in total. The lowest BCUT2D eigenvalue weighted by molar-refractivity contribution is 0.230. The van der Waals surface area contributed by atoms with Crippen LogP contribution in [0.15, 0.2) is 53.5 Å². The Bertz CT molecular complexity index is 686. The molecule has 0 radical (unpaired) electrons. The van der Waals surface area contributed by atoms with Crippen molar-refractivity contribution in [2.24, 2.45) is 4.99 Å². The van der Waals surface area contributed by atoms with E-state index in [9.17, 15) is 0 Å². The van der Waals surface area contributed by atoms with Gasteiger partial charge in [0.05, 0.1) is 12.3 Å². The molecule has 1 atom stereocenters. The van der Waals surface area contributed by atoms with E-state index in [0.717, 1.165) is 35.0 Å². The molecule has 0 fully saturated rings. The summed E-state index contributed by atoms with van der Waals surface area (Å²) in [5.74, 6) is 0.869. The SMILES string of the molecule is CCC[Si]1(C)OCc2ccccc2N=Cc2ccccc2O1. The molecule has 2 aromatic carbocycles. The first-order chi connectivity index (χ1) is 10.7. The molecular formula is C18H21NO2Si. The van der Waals surface area contributed by atoms with Gasteiger partial charge in [0.2, 0.25) is 0 Å². The zero-order valence-electron chi connectivity index (χ0n) is 13.1. The first-order valence-electron chi connectivity index (χ1n) is 7.74. The van der Waals surface area contributed by atoms with Gasteiger partial charge in [0, 0.05) is 23.4 Å². The normalized spacial score (nSPS) is 20.6. The van der Waals surface area contributed by atoms with E-state index in [0.29, 0.717) is 6.61 Å². The zero-order chi connectivity index (χ0) is 15.4. The molecule has 22 heavy (non-hydrogen) atoms. The number of fused-ring (bicyclic) bond motifs is 2.